The first kappa shape index (κ1) is 10.4. The molecule has 0 amide bonds. The zero-order valence-corrected chi connectivity index (χ0v) is 8.32. The van der Waals surface area contributed by atoms with Crippen molar-refractivity contribution in [2.75, 3.05) is 19.6 Å². The SMILES string of the molecule is CCN(CCN=[N+]=[N-])C1CCCC1. The fourth-order valence-corrected chi connectivity index (χ4v) is 2.09. The van der Waals surface area contributed by atoms with Crippen molar-refractivity contribution in [3.63, 3.8) is 0 Å². The summed E-state index contributed by atoms with van der Waals surface area (Å²) < 4.78 is 0. The van der Waals surface area contributed by atoms with Crippen molar-refractivity contribution in [2.24, 2.45) is 5.11 Å². The fraction of sp³-hybridized carbons (Fsp3) is 1.00. The Bertz CT molecular complexity index is 180. The van der Waals surface area contributed by atoms with Gasteiger partial charge in [0.05, 0.1) is 0 Å². The molecule has 1 saturated carbocycles. The average molecular weight is 182 g/mol. The first-order valence-corrected chi connectivity index (χ1v) is 5.13. The molecule has 0 atom stereocenters. The highest BCUT2D eigenvalue weighted by Gasteiger charge is 2.20. The molecule has 0 N–H and O–H groups in total. The molecule has 4 heteroatoms. The molecule has 0 unspecified atom stereocenters. The van der Waals surface area contributed by atoms with Crippen LogP contribution in [0.2, 0.25) is 0 Å². The summed E-state index contributed by atoms with van der Waals surface area (Å²) in [6, 6.07) is 0.749. The Morgan fingerprint density at radius 1 is 1.46 bits per heavy atom. The molecule has 0 saturated heterocycles. The van der Waals surface area contributed by atoms with Crippen molar-refractivity contribution < 1.29 is 0 Å². The van der Waals surface area contributed by atoms with E-state index in [2.05, 4.69) is 21.8 Å². The van der Waals surface area contributed by atoms with Crippen molar-refractivity contribution in [1.82, 2.24) is 4.90 Å². The number of hydrogen-bond donors (Lipinski definition) is 0. The summed E-state index contributed by atoms with van der Waals surface area (Å²) >= 11 is 0. The van der Waals surface area contributed by atoms with Gasteiger partial charge in [0.2, 0.25) is 0 Å². The van der Waals surface area contributed by atoms with Crippen molar-refractivity contribution in [3.8, 4) is 0 Å². The van der Waals surface area contributed by atoms with Gasteiger partial charge in [-0.2, -0.15) is 0 Å². The van der Waals surface area contributed by atoms with Gasteiger partial charge in [0.25, 0.3) is 0 Å². The van der Waals surface area contributed by atoms with Crippen LogP contribution in [0.15, 0.2) is 5.11 Å². The summed E-state index contributed by atoms with van der Waals surface area (Å²) in [5.74, 6) is 0. The largest absolute Gasteiger partial charge is 0.301 e. The van der Waals surface area contributed by atoms with E-state index in [0.717, 1.165) is 19.1 Å². The van der Waals surface area contributed by atoms with Crippen LogP contribution in [0.1, 0.15) is 32.6 Å². The second-order valence-electron chi connectivity index (χ2n) is 3.52. The van der Waals surface area contributed by atoms with E-state index < -0.39 is 0 Å². The average Bonchev–Trinajstić information content (AvgIpc) is 2.65. The molecule has 0 heterocycles. The van der Waals surface area contributed by atoms with Gasteiger partial charge in [0, 0.05) is 24.0 Å². The summed E-state index contributed by atoms with van der Waals surface area (Å²) in [5.41, 5.74) is 8.16. The third kappa shape index (κ3) is 3.25. The number of rotatable bonds is 5. The predicted molar refractivity (Wildman–Crippen MR) is 53.5 cm³/mol. The highest BCUT2D eigenvalue weighted by molar-refractivity contribution is 4.77. The van der Waals surface area contributed by atoms with Gasteiger partial charge in [-0.15, -0.1) is 0 Å². The van der Waals surface area contributed by atoms with E-state index in [1.165, 1.54) is 25.7 Å². The second-order valence-corrected chi connectivity index (χ2v) is 3.52. The van der Waals surface area contributed by atoms with Gasteiger partial charge in [0.1, 0.15) is 0 Å². The summed E-state index contributed by atoms with van der Waals surface area (Å²) in [7, 11) is 0. The van der Waals surface area contributed by atoms with Gasteiger partial charge in [-0.25, -0.2) is 0 Å². The molecule has 0 bridgehead atoms. The van der Waals surface area contributed by atoms with Gasteiger partial charge in [-0.05, 0) is 24.9 Å². The fourth-order valence-electron chi connectivity index (χ4n) is 2.09. The summed E-state index contributed by atoms with van der Waals surface area (Å²) in [6.07, 6.45) is 5.37. The molecule has 1 fully saturated rings. The van der Waals surface area contributed by atoms with Crippen LogP contribution >= 0.6 is 0 Å². The summed E-state index contributed by atoms with van der Waals surface area (Å²) in [4.78, 5) is 5.20. The van der Waals surface area contributed by atoms with Crippen LogP contribution in [0, 0.1) is 0 Å². The Kier molecular flexibility index (Phi) is 4.65. The lowest BCUT2D eigenvalue weighted by atomic mass is 10.2. The van der Waals surface area contributed by atoms with Gasteiger partial charge < -0.3 is 4.90 Å². The van der Waals surface area contributed by atoms with Gasteiger partial charge in [-0.1, -0.05) is 24.9 Å². The van der Waals surface area contributed by atoms with E-state index >= 15 is 0 Å². The standard InChI is InChI=1S/C9H18N4/c1-2-13(8-7-11-12-10)9-5-3-4-6-9/h9H,2-8H2,1H3. The van der Waals surface area contributed by atoms with E-state index in [9.17, 15) is 0 Å². The maximum Gasteiger partial charge on any atom is 0.0385 e. The molecule has 74 valence electrons. The van der Waals surface area contributed by atoms with Crippen LogP contribution in [0.5, 0.6) is 0 Å². The quantitative estimate of drug-likeness (QED) is 0.366. The lowest BCUT2D eigenvalue weighted by Gasteiger charge is -2.26. The van der Waals surface area contributed by atoms with Crippen LogP contribution in [0.4, 0.5) is 0 Å². The van der Waals surface area contributed by atoms with Crippen LogP contribution in [0.25, 0.3) is 10.4 Å². The van der Waals surface area contributed by atoms with Crippen LogP contribution < -0.4 is 0 Å². The molecule has 0 aromatic rings. The summed E-state index contributed by atoms with van der Waals surface area (Å²) in [6.45, 7) is 4.78. The first-order chi connectivity index (χ1) is 6.38. The Hall–Kier alpha value is -0.730. The molecule has 13 heavy (non-hydrogen) atoms. The lowest BCUT2D eigenvalue weighted by molar-refractivity contribution is 0.215. The maximum absolute atomic E-state index is 8.16. The highest BCUT2D eigenvalue weighted by atomic mass is 15.2. The number of hydrogen-bond acceptors (Lipinski definition) is 2. The Morgan fingerprint density at radius 2 is 2.15 bits per heavy atom. The number of azide groups is 1. The highest BCUT2D eigenvalue weighted by Crippen LogP contribution is 2.22. The summed E-state index contributed by atoms with van der Waals surface area (Å²) in [5, 5.41) is 3.57. The Balaban J connectivity index is 2.28. The molecular weight excluding hydrogens is 164 g/mol. The first-order valence-electron chi connectivity index (χ1n) is 5.13. The predicted octanol–water partition coefficient (Wildman–Crippen LogP) is 2.56. The lowest BCUT2D eigenvalue weighted by Crippen LogP contribution is -2.34. The van der Waals surface area contributed by atoms with Crippen molar-refractivity contribution in [1.29, 1.82) is 0 Å². The molecule has 1 aliphatic carbocycles. The van der Waals surface area contributed by atoms with E-state index in [1.807, 2.05) is 0 Å². The van der Waals surface area contributed by atoms with Crippen LogP contribution in [-0.2, 0) is 0 Å². The topological polar surface area (TPSA) is 52.0 Å². The normalized spacial score (nSPS) is 17.7. The van der Waals surface area contributed by atoms with Crippen LogP contribution in [-0.4, -0.2) is 30.6 Å². The third-order valence-electron chi connectivity index (χ3n) is 2.80. The van der Waals surface area contributed by atoms with Gasteiger partial charge in [-0.3, -0.25) is 0 Å². The maximum atomic E-state index is 8.16. The minimum absolute atomic E-state index is 0.612. The smallest absolute Gasteiger partial charge is 0.0385 e. The second kappa shape index (κ2) is 5.84. The molecule has 0 radical (unpaired) electrons. The van der Waals surface area contributed by atoms with E-state index in [0.29, 0.717) is 6.54 Å². The minimum atomic E-state index is 0.612. The van der Waals surface area contributed by atoms with Crippen molar-refractivity contribution >= 4 is 0 Å². The molecule has 4 nitrogen and oxygen atoms in total. The molecule has 0 aromatic heterocycles. The van der Waals surface area contributed by atoms with Gasteiger partial charge in [0.15, 0.2) is 0 Å². The van der Waals surface area contributed by atoms with Gasteiger partial charge >= 0.3 is 0 Å². The minimum Gasteiger partial charge on any atom is -0.301 e. The van der Waals surface area contributed by atoms with Crippen molar-refractivity contribution in [2.45, 2.75) is 38.6 Å². The monoisotopic (exact) mass is 182 g/mol. The van der Waals surface area contributed by atoms with E-state index in [4.69, 9.17) is 5.53 Å². The molecular formula is C9H18N4. The zero-order chi connectivity index (χ0) is 9.52. The molecule has 1 aliphatic rings. The molecule has 0 aromatic carbocycles. The third-order valence-corrected chi connectivity index (χ3v) is 2.80. The van der Waals surface area contributed by atoms with Crippen LogP contribution in [0.3, 0.4) is 0 Å². The number of likely N-dealkylation sites (N-methyl/N-ethyl adjacent to an activating group) is 1. The molecule has 0 spiro atoms. The Labute approximate surface area is 79.5 Å². The Morgan fingerprint density at radius 3 is 2.69 bits per heavy atom. The molecule has 0 aliphatic heterocycles. The zero-order valence-electron chi connectivity index (χ0n) is 8.32. The van der Waals surface area contributed by atoms with Crippen molar-refractivity contribution in [3.05, 3.63) is 10.4 Å². The molecule has 1 rings (SSSR count). The number of nitrogens with zero attached hydrogens (tertiary/aromatic N) is 4. The van der Waals surface area contributed by atoms with E-state index in [1.54, 1.807) is 0 Å². The van der Waals surface area contributed by atoms with E-state index in [-0.39, 0.29) is 0 Å².